The van der Waals surface area contributed by atoms with Crippen LogP contribution in [0.4, 0.5) is 11.4 Å². The highest BCUT2D eigenvalue weighted by atomic mass is 35.5. The Kier molecular flexibility index (Phi) is 3.95. The zero-order valence-corrected chi connectivity index (χ0v) is 11.3. The molecule has 5 nitrogen and oxygen atoms in total. The first kappa shape index (κ1) is 13.7. The maximum atomic E-state index is 11.7. The quantitative estimate of drug-likeness (QED) is 0.892. The molecule has 0 atom stereocenters. The van der Waals surface area contributed by atoms with E-state index >= 15 is 0 Å². The molecule has 102 valence electrons. The Morgan fingerprint density at radius 3 is 2.95 bits per heavy atom. The average molecular weight is 283 g/mol. The standard InChI is InChI=1S/C13H15ClN2O3/c1-8-6-9(14)13-10(7-8)15-11(17)2-4-16(13)5-3-12(18)19/h6-7H,2-5H2,1H3,(H,15,17)(H,18,19). The molecule has 2 rings (SSSR count). The van der Waals surface area contributed by atoms with Gasteiger partial charge in [0.15, 0.2) is 0 Å². The molecule has 1 amide bonds. The number of nitrogens with one attached hydrogen (secondary N) is 1. The SMILES string of the molecule is Cc1cc(Cl)c2c(c1)NC(=O)CCN2CCC(=O)O. The molecule has 1 aromatic carbocycles. The van der Waals surface area contributed by atoms with Gasteiger partial charge in [-0.1, -0.05) is 11.6 Å². The Hall–Kier alpha value is -1.75. The van der Waals surface area contributed by atoms with Crippen LogP contribution in [-0.4, -0.2) is 30.1 Å². The largest absolute Gasteiger partial charge is 0.481 e. The maximum Gasteiger partial charge on any atom is 0.305 e. The van der Waals surface area contributed by atoms with Crippen molar-refractivity contribution in [1.29, 1.82) is 0 Å². The summed E-state index contributed by atoms with van der Waals surface area (Å²) in [5, 5.41) is 12.1. The van der Waals surface area contributed by atoms with Crippen LogP contribution >= 0.6 is 11.6 Å². The lowest BCUT2D eigenvalue weighted by Crippen LogP contribution is -2.27. The molecule has 1 aliphatic rings. The number of aliphatic carboxylic acids is 1. The molecule has 0 aromatic heterocycles. The number of amides is 1. The van der Waals surface area contributed by atoms with E-state index in [1.807, 2.05) is 24.0 Å². The number of nitrogens with zero attached hydrogens (tertiary/aromatic N) is 1. The zero-order chi connectivity index (χ0) is 14.0. The maximum absolute atomic E-state index is 11.7. The minimum atomic E-state index is -0.867. The van der Waals surface area contributed by atoms with E-state index in [1.54, 1.807) is 0 Å². The molecule has 0 fully saturated rings. The van der Waals surface area contributed by atoms with Gasteiger partial charge in [-0.15, -0.1) is 0 Å². The van der Waals surface area contributed by atoms with Crippen molar-refractivity contribution >= 4 is 34.9 Å². The molecule has 0 aliphatic carbocycles. The van der Waals surface area contributed by atoms with Crippen molar-refractivity contribution in [2.45, 2.75) is 19.8 Å². The molecule has 0 radical (unpaired) electrons. The van der Waals surface area contributed by atoms with E-state index in [4.69, 9.17) is 16.7 Å². The summed E-state index contributed by atoms with van der Waals surface area (Å²) in [5.41, 5.74) is 2.31. The summed E-state index contributed by atoms with van der Waals surface area (Å²) >= 11 is 6.24. The monoisotopic (exact) mass is 282 g/mol. The Bertz CT molecular complexity index is 531. The van der Waals surface area contributed by atoms with Gasteiger partial charge in [0, 0.05) is 19.5 Å². The molecule has 0 unspecified atom stereocenters. The van der Waals surface area contributed by atoms with Crippen molar-refractivity contribution in [3.63, 3.8) is 0 Å². The van der Waals surface area contributed by atoms with Gasteiger partial charge in [-0.05, 0) is 24.6 Å². The molecule has 1 heterocycles. The fourth-order valence-corrected chi connectivity index (χ4v) is 2.56. The van der Waals surface area contributed by atoms with Crippen LogP contribution in [0.2, 0.25) is 5.02 Å². The number of halogens is 1. The molecule has 6 heteroatoms. The van der Waals surface area contributed by atoms with Crippen LogP contribution in [0.3, 0.4) is 0 Å². The molecule has 0 saturated heterocycles. The smallest absolute Gasteiger partial charge is 0.305 e. The van der Waals surface area contributed by atoms with Gasteiger partial charge in [-0.2, -0.15) is 0 Å². The number of benzene rings is 1. The zero-order valence-electron chi connectivity index (χ0n) is 10.6. The average Bonchev–Trinajstić information content (AvgIpc) is 2.45. The fourth-order valence-electron chi connectivity index (χ4n) is 2.17. The summed E-state index contributed by atoms with van der Waals surface area (Å²) in [6, 6.07) is 3.66. The number of fused-ring (bicyclic) bond motifs is 1. The van der Waals surface area contributed by atoms with Gasteiger partial charge in [-0.25, -0.2) is 0 Å². The number of carbonyl (C=O) groups is 2. The van der Waals surface area contributed by atoms with Crippen molar-refractivity contribution in [1.82, 2.24) is 0 Å². The third-order valence-electron chi connectivity index (χ3n) is 3.00. The number of rotatable bonds is 3. The number of anilines is 2. The topological polar surface area (TPSA) is 69.6 Å². The van der Waals surface area contributed by atoms with E-state index in [0.29, 0.717) is 35.9 Å². The summed E-state index contributed by atoms with van der Waals surface area (Å²) in [6.07, 6.45) is 0.335. The van der Waals surface area contributed by atoms with Gasteiger partial charge in [-0.3, -0.25) is 9.59 Å². The number of hydrogen-bond acceptors (Lipinski definition) is 3. The lowest BCUT2D eigenvalue weighted by molar-refractivity contribution is -0.136. The van der Waals surface area contributed by atoms with Gasteiger partial charge in [0.2, 0.25) is 5.91 Å². The first-order valence-corrected chi connectivity index (χ1v) is 6.42. The minimum Gasteiger partial charge on any atom is -0.481 e. The molecule has 0 spiro atoms. The van der Waals surface area contributed by atoms with Crippen molar-refractivity contribution in [2.24, 2.45) is 0 Å². The van der Waals surface area contributed by atoms with Crippen molar-refractivity contribution in [3.05, 3.63) is 22.7 Å². The Morgan fingerprint density at radius 1 is 1.53 bits per heavy atom. The lowest BCUT2D eigenvalue weighted by Gasteiger charge is -2.24. The second kappa shape index (κ2) is 5.48. The summed E-state index contributed by atoms with van der Waals surface area (Å²) in [7, 11) is 0. The first-order valence-electron chi connectivity index (χ1n) is 6.04. The summed E-state index contributed by atoms with van der Waals surface area (Å²) < 4.78 is 0. The predicted octanol–water partition coefficient (Wildman–Crippen LogP) is 2.27. The van der Waals surface area contributed by atoms with Crippen LogP contribution in [-0.2, 0) is 9.59 Å². The second-order valence-electron chi connectivity index (χ2n) is 4.57. The van der Waals surface area contributed by atoms with Crippen LogP contribution in [0.5, 0.6) is 0 Å². The van der Waals surface area contributed by atoms with Crippen molar-refractivity contribution in [2.75, 3.05) is 23.3 Å². The second-order valence-corrected chi connectivity index (χ2v) is 4.98. The fraction of sp³-hybridized carbons (Fsp3) is 0.385. The van der Waals surface area contributed by atoms with Gasteiger partial charge in [0.05, 0.1) is 22.8 Å². The van der Waals surface area contributed by atoms with Crippen LogP contribution < -0.4 is 10.2 Å². The van der Waals surface area contributed by atoms with Gasteiger partial charge in [0.25, 0.3) is 0 Å². The van der Waals surface area contributed by atoms with Crippen LogP contribution in [0.1, 0.15) is 18.4 Å². The predicted molar refractivity (Wildman–Crippen MR) is 73.9 cm³/mol. The molecule has 1 aliphatic heterocycles. The molecular weight excluding hydrogens is 268 g/mol. The highest BCUT2D eigenvalue weighted by Gasteiger charge is 2.22. The summed E-state index contributed by atoms with van der Waals surface area (Å²) in [6.45, 7) is 2.69. The van der Waals surface area contributed by atoms with Crippen LogP contribution in [0, 0.1) is 6.92 Å². The Labute approximate surface area is 116 Å². The number of carboxylic acid groups (broad SMARTS) is 1. The summed E-state index contributed by atoms with van der Waals surface area (Å²) in [5.74, 6) is -0.950. The van der Waals surface area contributed by atoms with E-state index in [1.165, 1.54) is 0 Å². The number of carbonyl (C=O) groups excluding carboxylic acids is 1. The van der Waals surface area contributed by atoms with E-state index in [2.05, 4.69) is 5.32 Å². The molecule has 0 bridgehead atoms. The van der Waals surface area contributed by atoms with Crippen LogP contribution in [0.25, 0.3) is 0 Å². The minimum absolute atomic E-state index is 0.0117. The molecule has 2 N–H and O–H groups in total. The first-order chi connectivity index (χ1) is 8.97. The Balaban J connectivity index is 2.38. The summed E-state index contributed by atoms with van der Waals surface area (Å²) in [4.78, 5) is 24.2. The van der Waals surface area contributed by atoms with Gasteiger partial charge in [0.1, 0.15) is 0 Å². The number of hydrogen-bond donors (Lipinski definition) is 2. The lowest BCUT2D eigenvalue weighted by atomic mass is 10.1. The van der Waals surface area contributed by atoms with Crippen LogP contribution in [0.15, 0.2) is 12.1 Å². The Morgan fingerprint density at radius 2 is 2.26 bits per heavy atom. The van der Waals surface area contributed by atoms with Gasteiger partial charge < -0.3 is 15.3 Å². The molecule has 0 saturated carbocycles. The van der Waals surface area contributed by atoms with Crippen molar-refractivity contribution in [3.8, 4) is 0 Å². The molecule has 1 aromatic rings. The van der Waals surface area contributed by atoms with E-state index in [0.717, 1.165) is 5.56 Å². The van der Waals surface area contributed by atoms with Gasteiger partial charge >= 0.3 is 5.97 Å². The number of aryl methyl sites for hydroxylation is 1. The highest BCUT2D eigenvalue weighted by Crippen LogP contribution is 2.37. The molecular formula is C13H15ClN2O3. The van der Waals surface area contributed by atoms with E-state index < -0.39 is 5.97 Å². The number of carboxylic acids is 1. The third-order valence-corrected chi connectivity index (χ3v) is 3.29. The normalized spacial score (nSPS) is 14.6. The third kappa shape index (κ3) is 3.17. The highest BCUT2D eigenvalue weighted by molar-refractivity contribution is 6.34. The van der Waals surface area contributed by atoms with E-state index in [-0.39, 0.29) is 12.3 Å². The van der Waals surface area contributed by atoms with Crippen molar-refractivity contribution < 1.29 is 14.7 Å². The molecule has 19 heavy (non-hydrogen) atoms. The van der Waals surface area contributed by atoms with E-state index in [9.17, 15) is 9.59 Å².